The first-order valence-corrected chi connectivity index (χ1v) is 5.42. The van der Waals surface area contributed by atoms with Crippen molar-refractivity contribution in [2.24, 2.45) is 0 Å². The molecule has 1 unspecified atom stereocenters. The standard InChI is InChI=1S/C13H18O3/c1-4-11(14)16-13(2,3)12(15)10-8-6-5-7-9-10/h5-9,12,15H,4H2,1-3H3. The van der Waals surface area contributed by atoms with E-state index in [0.717, 1.165) is 5.56 Å². The van der Waals surface area contributed by atoms with Crippen molar-refractivity contribution in [2.45, 2.75) is 38.9 Å². The molecule has 0 aliphatic heterocycles. The monoisotopic (exact) mass is 222 g/mol. The molecule has 0 saturated heterocycles. The van der Waals surface area contributed by atoms with Crippen molar-refractivity contribution in [3.05, 3.63) is 35.9 Å². The number of carbonyl (C=O) groups excluding carboxylic acids is 1. The highest BCUT2D eigenvalue weighted by molar-refractivity contribution is 5.69. The number of aliphatic hydroxyl groups excluding tert-OH is 1. The quantitative estimate of drug-likeness (QED) is 0.796. The highest BCUT2D eigenvalue weighted by Crippen LogP contribution is 2.28. The number of esters is 1. The lowest BCUT2D eigenvalue weighted by Gasteiger charge is -2.30. The maximum Gasteiger partial charge on any atom is 0.306 e. The van der Waals surface area contributed by atoms with Crippen LogP contribution in [0.5, 0.6) is 0 Å². The first-order chi connectivity index (χ1) is 7.47. The summed E-state index contributed by atoms with van der Waals surface area (Å²) in [6.07, 6.45) is -0.505. The zero-order valence-corrected chi connectivity index (χ0v) is 9.93. The average molecular weight is 222 g/mol. The number of carbonyl (C=O) groups is 1. The van der Waals surface area contributed by atoms with Crippen molar-refractivity contribution in [3.8, 4) is 0 Å². The molecule has 1 rings (SSSR count). The van der Waals surface area contributed by atoms with Crippen molar-refractivity contribution < 1.29 is 14.6 Å². The van der Waals surface area contributed by atoms with Crippen molar-refractivity contribution in [3.63, 3.8) is 0 Å². The van der Waals surface area contributed by atoms with E-state index >= 15 is 0 Å². The average Bonchev–Trinajstić information content (AvgIpc) is 2.28. The summed E-state index contributed by atoms with van der Waals surface area (Å²) in [5.41, 5.74) is -0.162. The lowest BCUT2D eigenvalue weighted by molar-refractivity contribution is -0.167. The second-order valence-corrected chi connectivity index (χ2v) is 4.24. The van der Waals surface area contributed by atoms with Gasteiger partial charge in [0.1, 0.15) is 11.7 Å². The van der Waals surface area contributed by atoms with E-state index in [1.807, 2.05) is 30.3 Å². The van der Waals surface area contributed by atoms with Gasteiger partial charge in [-0.3, -0.25) is 4.79 Å². The fourth-order valence-electron chi connectivity index (χ4n) is 1.46. The molecule has 0 heterocycles. The van der Waals surface area contributed by atoms with Crippen LogP contribution in [0, 0.1) is 0 Å². The molecule has 0 aliphatic carbocycles. The zero-order chi connectivity index (χ0) is 12.2. The summed E-state index contributed by atoms with van der Waals surface area (Å²) < 4.78 is 5.21. The third-order valence-corrected chi connectivity index (χ3v) is 2.44. The third kappa shape index (κ3) is 3.07. The summed E-state index contributed by atoms with van der Waals surface area (Å²) in [5.74, 6) is -0.306. The van der Waals surface area contributed by atoms with Crippen LogP contribution in [-0.2, 0) is 9.53 Å². The Balaban J connectivity index is 2.79. The molecule has 1 atom stereocenters. The van der Waals surface area contributed by atoms with E-state index in [9.17, 15) is 9.90 Å². The Morgan fingerprint density at radius 1 is 1.38 bits per heavy atom. The van der Waals surface area contributed by atoms with Gasteiger partial charge >= 0.3 is 5.97 Å². The minimum absolute atomic E-state index is 0.306. The van der Waals surface area contributed by atoms with Crippen LogP contribution in [-0.4, -0.2) is 16.7 Å². The molecule has 0 amide bonds. The van der Waals surface area contributed by atoms with Gasteiger partial charge in [-0.1, -0.05) is 37.3 Å². The number of benzene rings is 1. The van der Waals surface area contributed by atoms with Crippen molar-refractivity contribution in [2.75, 3.05) is 0 Å². The third-order valence-electron chi connectivity index (χ3n) is 2.44. The van der Waals surface area contributed by atoms with E-state index in [-0.39, 0.29) is 5.97 Å². The molecule has 0 fully saturated rings. The zero-order valence-electron chi connectivity index (χ0n) is 9.93. The molecular weight excluding hydrogens is 204 g/mol. The summed E-state index contributed by atoms with van der Waals surface area (Å²) in [7, 11) is 0. The minimum Gasteiger partial charge on any atom is -0.457 e. The highest BCUT2D eigenvalue weighted by Gasteiger charge is 2.32. The van der Waals surface area contributed by atoms with Crippen LogP contribution in [0.2, 0.25) is 0 Å². The lowest BCUT2D eigenvalue weighted by atomic mass is 9.94. The SMILES string of the molecule is CCC(=O)OC(C)(C)C(O)c1ccccc1. The second-order valence-electron chi connectivity index (χ2n) is 4.24. The number of hydrogen-bond donors (Lipinski definition) is 1. The van der Waals surface area contributed by atoms with Crippen LogP contribution in [0.15, 0.2) is 30.3 Å². The van der Waals surface area contributed by atoms with E-state index in [2.05, 4.69) is 0 Å². The Hall–Kier alpha value is -1.35. The lowest BCUT2D eigenvalue weighted by Crippen LogP contribution is -2.35. The van der Waals surface area contributed by atoms with Crippen LogP contribution >= 0.6 is 0 Å². The summed E-state index contributed by atoms with van der Waals surface area (Å²) in [6.45, 7) is 5.14. The Labute approximate surface area is 96.1 Å². The summed E-state index contributed by atoms with van der Waals surface area (Å²) >= 11 is 0. The normalized spacial score (nSPS) is 13.2. The number of aliphatic hydroxyl groups is 1. The van der Waals surface area contributed by atoms with Gasteiger partial charge in [-0.2, -0.15) is 0 Å². The molecule has 0 spiro atoms. The topological polar surface area (TPSA) is 46.5 Å². The van der Waals surface area contributed by atoms with Gasteiger partial charge in [0.25, 0.3) is 0 Å². The van der Waals surface area contributed by atoms with E-state index in [1.54, 1.807) is 20.8 Å². The minimum atomic E-state index is -0.908. The largest absolute Gasteiger partial charge is 0.457 e. The van der Waals surface area contributed by atoms with E-state index in [0.29, 0.717) is 6.42 Å². The smallest absolute Gasteiger partial charge is 0.306 e. The van der Waals surface area contributed by atoms with Crippen LogP contribution in [0.25, 0.3) is 0 Å². The van der Waals surface area contributed by atoms with Crippen LogP contribution in [0.4, 0.5) is 0 Å². The fourth-order valence-corrected chi connectivity index (χ4v) is 1.46. The molecule has 16 heavy (non-hydrogen) atoms. The molecule has 1 aromatic carbocycles. The van der Waals surface area contributed by atoms with Gasteiger partial charge in [-0.15, -0.1) is 0 Å². The molecule has 1 N–H and O–H groups in total. The fraction of sp³-hybridized carbons (Fsp3) is 0.462. The molecule has 3 heteroatoms. The molecule has 0 saturated carbocycles. The predicted molar refractivity (Wildman–Crippen MR) is 61.9 cm³/mol. The van der Waals surface area contributed by atoms with Gasteiger partial charge in [0, 0.05) is 6.42 Å². The predicted octanol–water partition coefficient (Wildman–Crippen LogP) is 2.45. The number of rotatable bonds is 4. The summed E-state index contributed by atoms with van der Waals surface area (Å²) in [5, 5.41) is 10.1. The van der Waals surface area contributed by atoms with Gasteiger partial charge in [-0.25, -0.2) is 0 Å². The summed E-state index contributed by atoms with van der Waals surface area (Å²) in [6, 6.07) is 9.19. The van der Waals surface area contributed by atoms with Gasteiger partial charge in [0.2, 0.25) is 0 Å². The van der Waals surface area contributed by atoms with Crippen LogP contribution in [0.1, 0.15) is 38.9 Å². The molecule has 88 valence electrons. The number of hydrogen-bond acceptors (Lipinski definition) is 3. The first kappa shape index (κ1) is 12.7. The Kier molecular flexibility index (Phi) is 4.07. The molecule has 0 radical (unpaired) electrons. The first-order valence-electron chi connectivity index (χ1n) is 5.42. The molecular formula is C13H18O3. The van der Waals surface area contributed by atoms with Crippen molar-refractivity contribution in [1.82, 2.24) is 0 Å². The maximum absolute atomic E-state index is 11.2. The van der Waals surface area contributed by atoms with Crippen molar-refractivity contribution in [1.29, 1.82) is 0 Å². The number of ether oxygens (including phenoxy) is 1. The van der Waals surface area contributed by atoms with Gasteiger partial charge in [0.15, 0.2) is 0 Å². The van der Waals surface area contributed by atoms with E-state index < -0.39 is 11.7 Å². The Morgan fingerprint density at radius 2 is 1.94 bits per heavy atom. The van der Waals surface area contributed by atoms with Crippen LogP contribution in [0.3, 0.4) is 0 Å². The van der Waals surface area contributed by atoms with Crippen LogP contribution < -0.4 is 0 Å². The maximum atomic E-state index is 11.2. The Morgan fingerprint density at radius 3 is 2.44 bits per heavy atom. The molecule has 3 nitrogen and oxygen atoms in total. The summed E-state index contributed by atoms with van der Waals surface area (Å²) in [4.78, 5) is 11.2. The molecule has 0 aromatic heterocycles. The van der Waals surface area contributed by atoms with E-state index in [1.165, 1.54) is 0 Å². The highest BCUT2D eigenvalue weighted by atomic mass is 16.6. The van der Waals surface area contributed by atoms with Crippen molar-refractivity contribution >= 4 is 5.97 Å². The Bertz CT molecular complexity index is 343. The molecule has 0 aliphatic rings. The molecule has 0 bridgehead atoms. The second kappa shape index (κ2) is 5.12. The van der Waals surface area contributed by atoms with Gasteiger partial charge in [-0.05, 0) is 19.4 Å². The van der Waals surface area contributed by atoms with Gasteiger partial charge in [0.05, 0.1) is 0 Å². The van der Waals surface area contributed by atoms with Gasteiger partial charge < -0.3 is 9.84 Å². The van der Waals surface area contributed by atoms with E-state index in [4.69, 9.17) is 4.74 Å². The molecule has 1 aromatic rings.